The van der Waals surface area contributed by atoms with Gasteiger partial charge in [0.25, 0.3) is 5.56 Å². The van der Waals surface area contributed by atoms with Crippen molar-refractivity contribution >= 4 is 22.4 Å². The summed E-state index contributed by atoms with van der Waals surface area (Å²) in [7, 11) is 0. The molecule has 38 heavy (non-hydrogen) atoms. The van der Waals surface area contributed by atoms with E-state index < -0.39 is 0 Å². The third-order valence-corrected chi connectivity index (χ3v) is 7.18. The SMILES string of the molecule is CCCOc1ccc(-c2nn(-c3ccccc3)cc2C=c2sc3nc(-c4ccccc4C)nn3c2=O)cc1. The molecular weight excluding hydrogens is 494 g/mol. The molecule has 0 fully saturated rings. The molecule has 0 bridgehead atoms. The van der Waals surface area contributed by atoms with Crippen molar-refractivity contribution < 1.29 is 4.74 Å². The van der Waals surface area contributed by atoms with E-state index in [2.05, 4.69) is 17.0 Å². The van der Waals surface area contributed by atoms with Crippen molar-refractivity contribution in [3.05, 3.63) is 111 Å². The molecule has 3 heterocycles. The smallest absolute Gasteiger partial charge is 0.291 e. The number of nitrogens with zero attached hydrogens (tertiary/aromatic N) is 5. The van der Waals surface area contributed by atoms with E-state index in [1.165, 1.54) is 15.9 Å². The monoisotopic (exact) mass is 519 g/mol. The summed E-state index contributed by atoms with van der Waals surface area (Å²) < 4.78 is 9.52. The second-order valence-corrected chi connectivity index (χ2v) is 9.96. The van der Waals surface area contributed by atoms with Gasteiger partial charge in [0.2, 0.25) is 4.96 Å². The van der Waals surface area contributed by atoms with Gasteiger partial charge in [0.15, 0.2) is 5.82 Å². The lowest BCUT2D eigenvalue weighted by molar-refractivity contribution is 0.317. The number of rotatable bonds is 7. The average molecular weight is 520 g/mol. The third-order valence-electron chi connectivity index (χ3n) is 6.22. The fourth-order valence-corrected chi connectivity index (χ4v) is 5.17. The minimum atomic E-state index is -0.195. The average Bonchev–Trinajstić information content (AvgIpc) is 3.64. The van der Waals surface area contributed by atoms with E-state index in [-0.39, 0.29) is 5.56 Å². The van der Waals surface area contributed by atoms with E-state index in [4.69, 9.17) is 9.84 Å². The van der Waals surface area contributed by atoms with Gasteiger partial charge in [-0.05, 0) is 61.4 Å². The molecular formula is C30H25N5O2S. The van der Waals surface area contributed by atoms with Gasteiger partial charge in [-0.1, -0.05) is 60.7 Å². The zero-order chi connectivity index (χ0) is 26.1. The van der Waals surface area contributed by atoms with Crippen LogP contribution in [0.15, 0.2) is 89.9 Å². The number of thiazole rings is 1. The topological polar surface area (TPSA) is 74.3 Å². The second-order valence-electron chi connectivity index (χ2n) is 8.95. The van der Waals surface area contributed by atoms with Crippen molar-refractivity contribution in [1.29, 1.82) is 0 Å². The van der Waals surface area contributed by atoms with Gasteiger partial charge < -0.3 is 4.74 Å². The van der Waals surface area contributed by atoms with Crippen molar-refractivity contribution in [3.63, 3.8) is 0 Å². The number of hydrogen-bond acceptors (Lipinski definition) is 6. The van der Waals surface area contributed by atoms with Crippen molar-refractivity contribution in [1.82, 2.24) is 24.4 Å². The van der Waals surface area contributed by atoms with Gasteiger partial charge in [0, 0.05) is 22.9 Å². The first-order valence-electron chi connectivity index (χ1n) is 12.5. The Morgan fingerprint density at radius 1 is 0.947 bits per heavy atom. The van der Waals surface area contributed by atoms with Crippen molar-refractivity contribution in [2.24, 2.45) is 0 Å². The number of benzene rings is 3. The van der Waals surface area contributed by atoms with E-state index >= 15 is 0 Å². The molecule has 3 aromatic heterocycles. The molecule has 0 unspecified atom stereocenters. The van der Waals surface area contributed by atoms with Crippen LogP contribution in [-0.2, 0) is 0 Å². The number of ether oxygens (including phenoxy) is 1. The Balaban J connectivity index is 1.44. The number of aryl methyl sites for hydroxylation is 1. The first-order valence-corrected chi connectivity index (χ1v) is 13.3. The van der Waals surface area contributed by atoms with Crippen LogP contribution < -0.4 is 14.8 Å². The molecule has 0 saturated heterocycles. The van der Waals surface area contributed by atoms with Gasteiger partial charge in [-0.15, -0.1) is 5.10 Å². The molecule has 3 aromatic carbocycles. The Labute approximate surface area is 223 Å². The molecule has 0 aliphatic rings. The highest BCUT2D eigenvalue weighted by atomic mass is 32.1. The Morgan fingerprint density at radius 2 is 1.71 bits per heavy atom. The van der Waals surface area contributed by atoms with E-state index in [1.807, 2.05) is 103 Å². The maximum Gasteiger partial charge on any atom is 0.291 e. The lowest BCUT2D eigenvalue weighted by Crippen LogP contribution is -2.23. The van der Waals surface area contributed by atoms with Gasteiger partial charge in [0.05, 0.1) is 16.8 Å². The van der Waals surface area contributed by atoms with Gasteiger partial charge in [-0.25, -0.2) is 4.68 Å². The predicted octanol–water partition coefficient (Wildman–Crippen LogP) is 5.32. The van der Waals surface area contributed by atoms with Crippen LogP contribution in [0.4, 0.5) is 0 Å². The van der Waals surface area contributed by atoms with Crippen LogP contribution in [0.5, 0.6) is 5.75 Å². The summed E-state index contributed by atoms with van der Waals surface area (Å²) in [6.45, 7) is 4.76. The quantitative estimate of drug-likeness (QED) is 0.286. The van der Waals surface area contributed by atoms with Gasteiger partial charge >= 0.3 is 0 Å². The number of hydrogen-bond donors (Lipinski definition) is 0. The highest BCUT2D eigenvalue weighted by Crippen LogP contribution is 2.27. The van der Waals surface area contributed by atoms with Crippen molar-refractivity contribution in [3.8, 4) is 34.1 Å². The molecule has 6 rings (SSSR count). The molecule has 7 nitrogen and oxygen atoms in total. The van der Waals surface area contributed by atoms with E-state index in [1.54, 1.807) is 0 Å². The molecule has 0 N–H and O–H groups in total. The maximum absolute atomic E-state index is 13.3. The van der Waals surface area contributed by atoms with Gasteiger partial charge in [-0.3, -0.25) is 4.79 Å². The van der Waals surface area contributed by atoms with Crippen molar-refractivity contribution in [2.45, 2.75) is 20.3 Å². The zero-order valence-electron chi connectivity index (χ0n) is 21.0. The summed E-state index contributed by atoms with van der Waals surface area (Å²) >= 11 is 1.32. The number of fused-ring (bicyclic) bond motifs is 1. The van der Waals surface area contributed by atoms with Gasteiger partial charge in [0.1, 0.15) is 11.4 Å². The Kier molecular flexibility index (Phi) is 6.31. The summed E-state index contributed by atoms with van der Waals surface area (Å²) in [5.41, 5.74) is 5.26. The highest BCUT2D eigenvalue weighted by molar-refractivity contribution is 7.15. The van der Waals surface area contributed by atoms with E-state index in [9.17, 15) is 4.79 Å². The lowest BCUT2D eigenvalue weighted by atomic mass is 10.1. The van der Waals surface area contributed by atoms with Crippen LogP contribution in [0, 0.1) is 6.92 Å². The number of para-hydroxylation sites is 1. The minimum Gasteiger partial charge on any atom is -0.494 e. The summed E-state index contributed by atoms with van der Waals surface area (Å²) in [5.74, 6) is 1.38. The Hall–Kier alpha value is -4.56. The first-order chi connectivity index (χ1) is 18.6. The summed E-state index contributed by atoms with van der Waals surface area (Å²) in [5, 5.41) is 9.40. The van der Waals surface area contributed by atoms with Crippen LogP contribution in [-0.4, -0.2) is 31.0 Å². The predicted molar refractivity (Wildman–Crippen MR) is 151 cm³/mol. The highest BCUT2D eigenvalue weighted by Gasteiger charge is 2.16. The molecule has 0 saturated carbocycles. The fraction of sp³-hybridized carbons (Fsp3) is 0.133. The molecule has 0 spiro atoms. The summed E-state index contributed by atoms with van der Waals surface area (Å²) in [6.07, 6.45) is 4.77. The fourth-order valence-electron chi connectivity index (χ4n) is 4.27. The van der Waals surface area contributed by atoms with Crippen molar-refractivity contribution in [2.75, 3.05) is 6.61 Å². The lowest BCUT2D eigenvalue weighted by Gasteiger charge is -2.05. The normalized spacial score (nSPS) is 11.9. The van der Waals surface area contributed by atoms with E-state index in [0.29, 0.717) is 21.9 Å². The molecule has 0 aliphatic heterocycles. The molecule has 0 amide bonds. The minimum absolute atomic E-state index is 0.195. The zero-order valence-corrected chi connectivity index (χ0v) is 21.9. The molecule has 188 valence electrons. The van der Waals surface area contributed by atoms with Crippen LogP contribution in [0.3, 0.4) is 0 Å². The molecule has 0 atom stereocenters. The van der Waals surface area contributed by atoms with Crippen LogP contribution in [0.25, 0.3) is 39.4 Å². The summed E-state index contributed by atoms with van der Waals surface area (Å²) in [6, 6.07) is 25.7. The second kappa shape index (κ2) is 10.1. The Morgan fingerprint density at radius 3 is 2.45 bits per heavy atom. The Bertz CT molecular complexity index is 1840. The van der Waals surface area contributed by atoms with Crippen LogP contribution >= 0.6 is 11.3 Å². The largest absolute Gasteiger partial charge is 0.494 e. The molecule has 6 aromatic rings. The van der Waals surface area contributed by atoms with Crippen LogP contribution in [0.1, 0.15) is 24.5 Å². The number of aromatic nitrogens is 5. The molecule has 0 radical (unpaired) electrons. The van der Waals surface area contributed by atoms with Gasteiger partial charge in [-0.2, -0.15) is 14.6 Å². The van der Waals surface area contributed by atoms with Crippen LogP contribution in [0.2, 0.25) is 0 Å². The molecule has 0 aliphatic carbocycles. The first kappa shape index (κ1) is 23.8. The van der Waals surface area contributed by atoms with E-state index in [0.717, 1.165) is 45.8 Å². The maximum atomic E-state index is 13.3. The molecule has 8 heteroatoms. The third kappa shape index (κ3) is 4.50. The summed E-state index contributed by atoms with van der Waals surface area (Å²) in [4.78, 5) is 18.5. The standard InChI is InChI=1S/C30H25N5O2S/c1-3-17-37-24-15-13-21(14-16-24)27-22(19-34(32-27)23-10-5-4-6-11-23)18-26-29(36)35-30(38-26)31-28(33-35)25-12-8-7-9-20(25)2/h4-16,18-19H,3,17H2,1-2H3.